The van der Waals surface area contributed by atoms with Crippen LogP contribution in [0.1, 0.15) is 77.3 Å². The lowest BCUT2D eigenvalue weighted by atomic mass is 9.63. The van der Waals surface area contributed by atoms with Crippen molar-refractivity contribution in [2.24, 2.45) is 35.0 Å². The predicted molar refractivity (Wildman–Crippen MR) is 151 cm³/mol. The first kappa shape index (κ1) is 44.0. The van der Waals surface area contributed by atoms with Crippen molar-refractivity contribution >= 4 is 5.97 Å². The molecule has 3 rings (SSSR count). The van der Waals surface area contributed by atoms with Crippen LogP contribution in [-0.4, -0.2) is 74.5 Å². The molecule has 2 bridgehead atoms. The zero-order valence-electron chi connectivity index (χ0n) is 28.1. The molecule has 0 aliphatic heterocycles. The van der Waals surface area contributed by atoms with Crippen molar-refractivity contribution in [1.29, 1.82) is 0 Å². The molecule has 1 aromatic rings. The van der Waals surface area contributed by atoms with E-state index in [4.69, 9.17) is 4.74 Å². The third-order valence-electron chi connectivity index (χ3n) is 10.6. The number of hydrogen-bond donors (Lipinski definition) is 4. The van der Waals surface area contributed by atoms with Crippen LogP contribution in [0.2, 0.25) is 0 Å². The number of carbonyl (C=O) groups excluding carboxylic acids is 1. The molecule has 0 aromatic heterocycles. The predicted octanol–water partition coefficient (Wildman–Crippen LogP) is 7.92. The van der Waals surface area contributed by atoms with Crippen LogP contribution in [0.15, 0.2) is 24.3 Å². The highest BCUT2D eigenvalue weighted by molar-refractivity contribution is 5.78. The second-order valence-corrected chi connectivity index (χ2v) is 15.0. The first-order valence-corrected chi connectivity index (χ1v) is 15.8. The van der Waals surface area contributed by atoms with E-state index in [0.717, 1.165) is 6.92 Å². The van der Waals surface area contributed by atoms with E-state index in [-0.39, 0.29) is 24.1 Å². The van der Waals surface area contributed by atoms with Gasteiger partial charge >= 0.3 is 42.4 Å². The SMILES string of the molecule is CC(CC(CC1C2CC(C1C)C(C(O)C(F)(F)C(O)(O)C(F)(F)F)C2)(C(=O)OC(C)(C)C)C(F)(F)F)c1ccc(C(O)(C(F)(F)F)C(F)(F)F)cc1. The Labute approximate surface area is 288 Å². The minimum Gasteiger partial charge on any atom is -0.459 e. The summed E-state index contributed by atoms with van der Waals surface area (Å²) in [6, 6.07) is 1.69. The fourth-order valence-corrected chi connectivity index (χ4v) is 7.78. The Kier molecular flexibility index (Phi) is 11.3. The number of ether oxygens (including phenoxy) is 1. The van der Waals surface area contributed by atoms with Gasteiger partial charge in [0.15, 0.2) is 5.41 Å². The number of carbonyl (C=O) groups is 1. The van der Waals surface area contributed by atoms with Crippen molar-refractivity contribution in [3.63, 3.8) is 0 Å². The topological polar surface area (TPSA) is 107 Å². The summed E-state index contributed by atoms with van der Waals surface area (Å²) in [6.45, 7) is 6.09. The van der Waals surface area contributed by atoms with Crippen molar-refractivity contribution in [2.75, 3.05) is 0 Å². The van der Waals surface area contributed by atoms with Crippen LogP contribution in [0, 0.1) is 35.0 Å². The van der Waals surface area contributed by atoms with Gasteiger partial charge in [0.1, 0.15) is 11.7 Å². The fourth-order valence-electron chi connectivity index (χ4n) is 7.78. The number of aliphatic hydroxyl groups is 4. The van der Waals surface area contributed by atoms with E-state index in [0.29, 0.717) is 12.1 Å². The molecular weight excluding hydrogens is 746 g/mol. The van der Waals surface area contributed by atoms with Crippen LogP contribution in [0.25, 0.3) is 0 Å². The summed E-state index contributed by atoms with van der Waals surface area (Å²) in [7, 11) is 0. The summed E-state index contributed by atoms with van der Waals surface area (Å²) in [6.07, 6.45) is -30.6. The van der Waals surface area contributed by atoms with Gasteiger partial charge in [0.25, 0.3) is 5.60 Å². The van der Waals surface area contributed by atoms with Crippen LogP contribution in [-0.2, 0) is 15.1 Å². The number of fused-ring (bicyclic) bond motifs is 2. The molecule has 2 aliphatic rings. The zero-order valence-corrected chi connectivity index (χ0v) is 28.1. The van der Waals surface area contributed by atoms with Gasteiger partial charge in [0.05, 0.1) is 0 Å². The highest BCUT2D eigenvalue weighted by Crippen LogP contribution is 2.63. The summed E-state index contributed by atoms with van der Waals surface area (Å²) in [5.74, 6) is -20.6. The largest absolute Gasteiger partial charge is 0.459 e. The van der Waals surface area contributed by atoms with Gasteiger partial charge < -0.3 is 25.2 Å². The Morgan fingerprint density at radius 2 is 1.27 bits per heavy atom. The average molecular weight is 785 g/mol. The number of alkyl halides is 14. The van der Waals surface area contributed by atoms with Gasteiger partial charge in [-0.25, -0.2) is 0 Å². The Morgan fingerprint density at radius 1 is 0.788 bits per heavy atom. The molecule has 0 radical (unpaired) electrons. The lowest BCUT2D eigenvalue weighted by Crippen LogP contribution is -2.65. The van der Waals surface area contributed by atoms with Crippen molar-refractivity contribution in [1.82, 2.24) is 0 Å². The van der Waals surface area contributed by atoms with Crippen LogP contribution in [0.5, 0.6) is 0 Å². The lowest BCUT2D eigenvalue weighted by molar-refractivity contribution is -0.432. The van der Waals surface area contributed by atoms with Crippen LogP contribution < -0.4 is 0 Å². The Balaban J connectivity index is 2.02. The van der Waals surface area contributed by atoms with E-state index >= 15 is 13.2 Å². The van der Waals surface area contributed by atoms with E-state index in [1.54, 1.807) is 0 Å². The Morgan fingerprint density at radius 3 is 1.65 bits per heavy atom. The van der Waals surface area contributed by atoms with E-state index in [9.17, 15) is 73.5 Å². The summed E-state index contributed by atoms with van der Waals surface area (Å²) < 4.78 is 200. The molecule has 2 fully saturated rings. The van der Waals surface area contributed by atoms with Crippen molar-refractivity contribution in [2.45, 2.75) is 120 Å². The van der Waals surface area contributed by atoms with E-state index in [2.05, 4.69) is 0 Å². The summed E-state index contributed by atoms with van der Waals surface area (Å²) in [4.78, 5) is 13.6. The smallest absolute Gasteiger partial charge is 0.449 e. The summed E-state index contributed by atoms with van der Waals surface area (Å²) in [5.41, 5.74) is -12.3. The molecular formula is C32H38F14O6. The number of hydrogen-bond acceptors (Lipinski definition) is 6. The van der Waals surface area contributed by atoms with Crippen LogP contribution in [0.4, 0.5) is 61.5 Å². The zero-order chi connectivity index (χ0) is 40.6. The standard InChI is InChI=1S/C32H38F14O6/c1-14(16-6-8-18(9-7-16)26(49,30(38,39)40)31(41,42)43)12-25(29(35,36)37,23(48)52-24(3,4)5)13-21-15(2)19-10-17(21)11-20(19)22(47)27(33,34)28(50,51)32(44,45)46/h6-9,14-15,17,19-22,47,49-51H,10-13H2,1-5H3. The Bertz CT molecular complexity index is 1410. The molecule has 6 nitrogen and oxygen atoms in total. The molecule has 300 valence electrons. The first-order chi connectivity index (χ1) is 23.0. The first-order valence-electron chi connectivity index (χ1n) is 15.8. The number of benzene rings is 1. The number of halogens is 14. The molecule has 0 amide bonds. The molecule has 0 saturated heterocycles. The molecule has 8 atom stereocenters. The van der Waals surface area contributed by atoms with E-state index in [1.165, 1.54) is 27.7 Å². The molecule has 0 spiro atoms. The summed E-state index contributed by atoms with van der Waals surface area (Å²) in [5, 5.41) is 38.5. The maximum atomic E-state index is 15.3. The van der Waals surface area contributed by atoms with Gasteiger partial charge in [-0.2, -0.15) is 61.5 Å². The number of esters is 1. The van der Waals surface area contributed by atoms with Gasteiger partial charge in [-0.15, -0.1) is 0 Å². The van der Waals surface area contributed by atoms with Crippen LogP contribution >= 0.6 is 0 Å². The van der Waals surface area contributed by atoms with Gasteiger partial charge in [0, 0.05) is 5.56 Å². The molecule has 52 heavy (non-hydrogen) atoms. The maximum absolute atomic E-state index is 15.3. The normalized spacial score (nSPS) is 26.2. The minimum atomic E-state index is -6.31. The third-order valence-corrected chi connectivity index (χ3v) is 10.6. The average Bonchev–Trinajstić information content (AvgIpc) is 3.51. The molecule has 20 heteroatoms. The fraction of sp³-hybridized carbons (Fsp3) is 0.781. The molecule has 4 N–H and O–H groups in total. The van der Waals surface area contributed by atoms with Crippen molar-refractivity contribution in [3.05, 3.63) is 35.4 Å². The summed E-state index contributed by atoms with van der Waals surface area (Å²) >= 11 is 0. The monoisotopic (exact) mass is 784 g/mol. The van der Waals surface area contributed by atoms with Crippen LogP contribution in [0.3, 0.4) is 0 Å². The highest BCUT2D eigenvalue weighted by atomic mass is 19.4. The second-order valence-electron chi connectivity index (χ2n) is 15.0. The molecule has 8 unspecified atom stereocenters. The number of aliphatic hydroxyl groups excluding tert-OH is 1. The second kappa shape index (κ2) is 13.4. The van der Waals surface area contributed by atoms with Gasteiger partial charge in [0.2, 0.25) is 0 Å². The van der Waals surface area contributed by atoms with Gasteiger partial charge in [-0.05, 0) is 87.5 Å². The minimum absolute atomic E-state index is 0.194. The van der Waals surface area contributed by atoms with Crippen molar-refractivity contribution in [3.8, 4) is 0 Å². The molecule has 2 saturated carbocycles. The van der Waals surface area contributed by atoms with E-state index < -0.39 is 125 Å². The molecule has 1 aromatic carbocycles. The van der Waals surface area contributed by atoms with Crippen molar-refractivity contribution < 1.29 is 91.4 Å². The number of rotatable bonds is 10. The lowest BCUT2D eigenvalue weighted by Gasteiger charge is -2.44. The maximum Gasteiger partial charge on any atom is 0.449 e. The van der Waals surface area contributed by atoms with Gasteiger partial charge in [-0.1, -0.05) is 38.1 Å². The molecule has 2 aliphatic carbocycles. The third kappa shape index (κ3) is 7.46. The Hall–Kier alpha value is -2.45. The highest BCUT2D eigenvalue weighted by Gasteiger charge is 2.74. The molecule has 0 heterocycles. The quantitative estimate of drug-likeness (QED) is 0.109. The van der Waals surface area contributed by atoms with E-state index in [1.807, 2.05) is 0 Å². The van der Waals surface area contributed by atoms with Gasteiger partial charge in [-0.3, -0.25) is 4.79 Å².